The molecule has 3 N–H and O–H groups in total. The fraction of sp³-hybridized carbons (Fsp3) is 0.949. The lowest BCUT2D eigenvalue weighted by Crippen LogP contribution is -2.30. The van der Waals surface area contributed by atoms with E-state index in [2.05, 4.69) is 34.6 Å². The maximum absolute atomic E-state index is 13.1. The molecule has 0 aromatic rings. The van der Waals surface area contributed by atoms with Crippen molar-refractivity contribution in [1.29, 1.82) is 0 Å². The van der Waals surface area contributed by atoms with Crippen LogP contribution in [0.3, 0.4) is 0 Å². The van der Waals surface area contributed by atoms with Crippen molar-refractivity contribution in [1.82, 2.24) is 0 Å². The van der Waals surface area contributed by atoms with E-state index >= 15 is 0 Å². The van der Waals surface area contributed by atoms with Gasteiger partial charge in [-0.05, 0) is 31.6 Å². The van der Waals surface area contributed by atoms with E-state index in [0.717, 1.165) is 95.8 Å². The van der Waals surface area contributed by atoms with Crippen molar-refractivity contribution in [3.8, 4) is 0 Å². The molecule has 582 valence electrons. The summed E-state index contributed by atoms with van der Waals surface area (Å²) >= 11 is 0. The van der Waals surface area contributed by atoms with Crippen molar-refractivity contribution in [2.45, 2.75) is 438 Å². The molecule has 0 aliphatic carbocycles. The van der Waals surface area contributed by atoms with Crippen LogP contribution in [0.2, 0.25) is 0 Å². The average molecular weight is 1440 g/mol. The lowest BCUT2D eigenvalue weighted by Gasteiger charge is -2.21. The van der Waals surface area contributed by atoms with E-state index in [1.807, 2.05) is 0 Å². The summed E-state index contributed by atoms with van der Waals surface area (Å²) < 4.78 is 68.6. The van der Waals surface area contributed by atoms with Gasteiger partial charge in [-0.25, -0.2) is 9.13 Å². The maximum Gasteiger partial charge on any atom is 0.472 e. The zero-order valence-electron chi connectivity index (χ0n) is 63.9. The van der Waals surface area contributed by atoms with Gasteiger partial charge < -0.3 is 33.8 Å². The molecule has 0 radical (unpaired) electrons. The lowest BCUT2D eigenvalue weighted by atomic mass is 9.99. The van der Waals surface area contributed by atoms with Crippen molar-refractivity contribution in [2.75, 3.05) is 39.6 Å². The van der Waals surface area contributed by atoms with E-state index in [1.165, 1.54) is 244 Å². The van der Waals surface area contributed by atoms with Gasteiger partial charge in [-0.3, -0.25) is 37.3 Å². The molecule has 0 bridgehead atoms. The summed E-state index contributed by atoms with van der Waals surface area (Å²) in [6, 6.07) is 0. The molecule has 0 aromatic carbocycles. The molecule has 3 unspecified atom stereocenters. The number of phosphoric ester groups is 2. The number of hydrogen-bond donors (Lipinski definition) is 3. The molecule has 0 saturated carbocycles. The number of unbranched alkanes of at least 4 members (excludes halogenated alkanes) is 50. The Morgan fingerprint density at radius 3 is 0.724 bits per heavy atom. The van der Waals surface area contributed by atoms with Crippen LogP contribution in [-0.4, -0.2) is 96.7 Å². The molecule has 17 nitrogen and oxygen atoms in total. The minimum Gasteiger partial charge on any atom is -0.462 e. The van der Waals surface area contributed by atoms with Crippen molar-refractivity contribution < 1.29 is 80.2 Å². The van der Waals surface area contributed by atoms with E-state index in [0.29, 0.717) is 25.7 Å². The molecular formula is C79H154O17P2. The first-order valence-electron chi connectivity index (χ1n) is 41.2. The number of hydrogen-bond acceptors (Lipinski definition) is 15. The zero-order valence-corrected chi connectivity index (χ0v) is 65.7. The minimum atomic E-state index is -4.96. The number of ether oxygens (including phenoxy) is 4. The Bertz CT molecular complexity index is 1880. The lowest BCUT2D eigenvalue weighted by molar-refractivity contribution is -0.161. The number of aliphatic hydroxyl groups is 1. The summed E-state index contributed by atoms with van der Waals surface area (Å²) in [4.78, 5) is 72.9. The highest BCUT2D eigenvalue weighted by Gasteiger charge is 2.30. The Labute approximate surface area is 600 Å². The van der Waals surface area contributed by atoms with Crippen LogP contribution in [0, 0.1) is 5.92 Å². The molecule has 98 heavy (non-hydrogen) atoms. The van der Waals surface area contributed by atoms with Gasteiger partial charge in [-0.2, -0.15) is 0 Å². The molecule has 0 fully saturated rings. The third-order valence-corrected chi connectivity index (χ3v) is 20.8. The minimum absolute atomic E-state index is 0.107. The summed E-state index contributed by atoms with van der Waals surface area (Å²) in [7, 11) is -9.91. The predicted molar refractivity (Wildman–Crippen MR) is 400 cm³/mol. The van der Waals surface area contributed by atoms with Crippen molar-refractivity contribution >= 4 is 39.5 Å². The summed E-state index contributed by atoms with van der Waals surface area (Å²) in [6.07, 6.45) is 62.3. The molecule has 6 atom stereocenters. The second-order valence-electron chi connectivity index (χ2n) is 28.7. The van der Waals surface area contributed by atoms with Crippen molar-refractivity contribution in [3.63, 3.8) is 0 Å². The van der Waals surface area contributed by atoms with Crippen LogP contribution >= 0.6 is 15.6 Å². The number of phosphoric acid groups is 2. The molecule has 0 amide bonds. The number of aliphatic hydroxyl groups excluding tert-OH is 1. The molecule has 0 aliphatic heterocycles. The van der Waals surface area contributed by atoms with Gasteiger partial charge in [0.25, 0.3) is 0 Å². The second-order valence-corrected chi connectivity index (χ2v) is 31.6. The number of carbonyl (C=O) groups excluding carboxylic acids is 4. The van der Waals surface area contributed by atoms with Crippen molar-refractivity contribution in [3.05, 3.63) is 0 Å². The molecule has 0 aliphatic rings. The Morgan fingerprint density at radius 1 is 0.286 bits per heavy atom. The summed E-state index contributed by atoms with van der Waals surface area (Å²) in [5.41, 5.74) is 0. The highest BCUT2D eigenvalue weighted by Crippen LogP contribution is 2.45. The highest BCUT2D eigenvalue weighted by atomic mass is 31.2. The summed E-state index contributed by atoms with van der Waals surface area (Å²) in [5.74, 6) is -1.31. The third kappa shape index (κ3) is 71.1. The molecular weight excluding hydrogens is 1280 g/mol. The summed E-state index contributed by atoms with van der Waals surface area (Å²) in [6.45, 7) is 7.34. The smallest absolute Gasteiger partial charge is 0.462 e. The van der Waals surface area contributed by atoms with E-state index in [9.17, 15) is 43.2 Å². The fourth-order valence-electron chi connectivity index (χ4n) is 12.2. The molecule has 0 saturated heterocycles. The van der Waals surface area contributed by atoms with Gasteiger partial charge in [0.15, 0.2) is 12.2 Å². The fourth-order valence-corrected chi connectivity index (χ4v) is 13.8. The highest BCUT2D eigenvalue weighted by molar-refractivity contribution is 7.47. The Hall–Kier alpha value is -1.94. The quantitative estimate of drug-likeness (QED) is 0.0222. The second kappa shape index (κ2) is 72.0. The van der Waals surface area contributed by atoms with Crippen LogP contribution < -0.4 is 0 Å². The van der Waals surface area contributed by atoms with Gasteiger partial charge in [-0.1, -0.05) is 369 Å². The van der Waals surface area contributed by atoms with Gasteiger partial charge in [0.1, 0.15) is 19.3 Å². The standard InChI is InChI=1S/C79H154O17P2/c1-6-10-13-16-19-22-25-27-29-30-31-32-34-36-38-44-49-54-59-64-78(83)95-75(69-90-77(82)63-58-53-48-43-37-35-33-28-26-23-20-17-14-11-7-2)71-94-98(87,88)92-67-73(80)66-91-97(85,86)93-70-74(68-89-76(81)62-57-52-47-42-24-21-18-15-12-8-3)96-79(84)65-60-55-50-45-40-39-41-46-51-56-61-72(5)9-4/h72-75,80H,6-71H2,1-5H3,(H,85,86)(H,87,88)/t72?,73-,74+,75+/m0/s1. The first kappa shape index (κ1) is 96.1. The molecule has 0 rings (SSSR count). The summed E-state index contributed by atoms with van der Waals surface area (Å²) in [5, 5.41) is 10.6. The predicted octanol–water partition coefficient (Wildman–Crippen LogP) is 23.6. The zero-order chi connectivity index (χ0) is 71.9. The third-order valence-electron chi connectivity index (χ3n) is 18.9. The first-order chi connectivity index (χ1) is 47.6. The Kier molecular flexibility index (Phi) is 70.6. The molecule has 0 heterocycles. The monoisotopic (exact) mass is 1440 g/mol. The van der Waals surface area contributed by atoms with Crippen molar-refractivity contribution in [2.24, 2.45) is 5.92 Å². The van der Waals surface area contributed by atoms with Crippen LogP contribution in [0.5, 0.6) is 0 Å². The SMILES string of the molecule is CCCCCCCCCCCCCCCCCCCCCC(=O)O[C@H](COC(=O)CCCCCCCCCCCCCCCCC)COP(=O)(O)OC[C@@H](O)COP(=O)(O)OC[C@@H](COC(=O)CCCCCCCCCCCC)OC(=O)CCCCCCCCCCCCC(C)CC. The number of rotatable bonds is 79. The van der Waals surface area contributed by atoms with E-state index in [4.69, 9.17) is 37.0 Å². The molecule has 19 heteroatoms. The number of carbonyl (C=O) groups is 4. The van der Waals surface area contributed by atoms with Crippen LogP contribution in [0.1, 0.15) is 420 Å². The maximum atomic E-state index is 13.1. The molecule has 0 spiro atoms. The van der Waals surface area contributed by atoms with Crippen LogP contribution in [0.25, 0.3) is 0 Å². The Balaban J connectivity index is 5.24. The van der Waals surface area contributed by atoms with Gasteiger partial charge in [0.05, 0.1) is 26.4 Å². The Morgan fingerprint density at radius 2 is 0.490 bits per heavy atom. The molecule has 0 aromatic heterocycles. The average Bonchev–Trinajstić information content (AvgIpc) is 1.06. The van der Waals surface area contributed by atoms with Crippen LogP contribution in [0.15, 0.2) is 0 Å². The number of esters is 4. The van der Waals surface area contributed by atoms with Crippen LogP contribution in [0.4, 0.5) is 0 Å². The van der Waals surface area contributed by atoms with Gasteiger partial charge in [0.2, 0.25) is 0 Å². The normalized spacial score (nSPS) is 14.2. The van der Waals surface area contributed by atoms with Gasteiger partial charge >= 0.3 is 39.5 Å². The van der Waals surface area contributed by atoms with Crippen LogP contribution in [-0.2, 0) is 65.4 Å². The van der Waals surface area contributed by atoms with E-state index in [-0.39, 0.29) is 25.7 Å². The van der Waals surface area contributed by atoms with E-state index < -0.39 is 97.5 Å². The van der Waals surface area contributed by atoms with Gasteiger partial charge in [-0.15, -0.1) is 0 Å². The van der Waals surface area contributed by atoms with Gasteiger partial charge in [0, 0.05) is 25.7 Å². The largest absolute Gasteiger partial charge is 0.472 e. The van der Waals surface area contributed by atoms with E-state index in [1.54, 1.807) is 0 Å². The topological polar surface area (TPSA) is 237 Å². The first-order valence-corrected chi connectivity index (χ1v) is 44.2.